The van der Waals surface area contributed by atoms with Gasteiger partial charge in [0.05, 0.1) is 6.61 Å². The van der Waals surface area contributed by atoms with Crippen molar-refractivity contribution >= 4 is 23.2 Å². The second kappa shape index (κ2) is 8.16. The molecule has 0 aliphatic carbocycles. The fourth-order valence-corrected chi connectivity index (χ4v) is 3.17. The number of hydrogen-bond acceptors (Lipinski definition) is 5. The maximum absolute atomic E-state index is 12.5. The molecule has 0 saturated carbocycles. The molecule has 1 N–H and O–H groups in total. The number of carbonyl (C=O) groups excluding carboxylic acids is 2. The molecule has 5 nitrogen and oxygen atoms in total. The Morgan fingerprint density at radius 2 is 1.84 bits per heavy atom. The lowest BCUT2D eigenvalue weighted by Crippen LogP contribution is -2.34. The second-order valence-electron chi connectivity index (χ2n) is 6.37. The molecule has 0 spiro atoms. The predicted octanol–water partition coefficient (Wildman–Crippen LogP) is 3.89. The molecule has 1 aromatic carbocycles. The van der Waals surface area contributed by atoms with Crippen LogP contribution in [-0.2, 0) is 9.53 Å². The third-order valence-corrected chi connectivity index (χ3v) is 4.24. The third kappa shape index (κ3) is 5.60. The monoisotopic (exact) mass is 361 g/mol. The summed E-state index contributed by atoms with van der Waals surface area (Å²) in [6.07, 6.45) is 0. The minimum atomic E-state index is -0.582. The minimum absolute atomic E-state index is 0.180. The minimum Gasteiger partial charge on any atom is -0.492 e. The molecular formula is C19H23NO4S. The largest absolute Gasteiger partial charge is 0.492 e. The van der Waals surface area contributed by atoms with Crippen LogP contribution in [0, 0.1) is 0 Å². The highest BCUT2D eigenvalue weighted by Crippen LogP contribution is 2.36. The van der Waals surface area contributed by atoms with E-state index in [1.54, 1.807) is 20.8 Å². The summed E-state index contributed by atoms with van der Waals surface area (Å²) < 4.78 is 10.8. The van der Waals surface area contributed by atoms with E-state index in [-0.39, 0.29) is 12.5 Å². The molecule has 0 atom stereocenters. The van der Waals surface area contributed by atoms with Crippen molar-refractivity contribution in [2.45, 2.75) is 33.3 Å². The van der Waals surface area contributed by atoms with Crippen LogP contribution in [0.25, 0.3) is 10.4 Å². The zero-order valence-corrected chi connectivity index (χ0v) is 15.7. The number of amides is 1. The van der Waals surface area contributed by atoms with Crippen LogP contribution in [0.5, 0.6) is 5.75 Å². The lowest BCUT2D eigenvalue weighted by Gasteiger charge is -2.19. The molecule has 0 aliphatic rings. The molecule has 1 amide bonds. The van der Waals surface area contributed by atoms with Crippen LogP contribution in [0.3, 0.4) is 0 Å². The topological polar surface area (TPSA) is 64.6 Å². The molecular weight excluding hydrogens is 338 g/mol. The van der Waals surface area contributed by atoms with Crippen LogP contribution >= 0.6 is 11.3 Å². The van der Waals surface area contributed by atoms with Crippen molar-refractivity contribution in [1.29, 1.82) is 0 Å². The Labute approximate surface area is 152 Å². The van der Waals surface area contributed by atoms with E-state index in [2.05, 4.69) is 5.32 Å². The molecule has 25 heavy (non-hydrogen) atoms. The Balaban J connectivity index is 2.12. The van der Waals surface area contributed by atoms with Crippen molar-refractivity contribution in [3.63, 3.8) is 0 Å². The fourth-order valence-electron chi connectivity index (χ4n) is 2.15. The SMILES string of the molecule is CCOc1cc(-c2ccccc2)sc1C(=O)NCC(=O)OC(C)(C)C. The Bertz CT molecular complexity index is 732. The predicted molar refractivity (Wildman–Crippen MR) is 99.1 cm³/mol. The van der Waals surface area contributed by atoms with Gasteiger partial charge in [-0.3, -0.25) is 9.59 Å². The molecule has 0 unspecified atom stereocenters. The highest BCUT2D eigenvalue weighted by atomic mass is 32.1. The van der Waals surface area contributed by atoms with E-state index >= 15 is 0 Å². The number of benzene rings is 1. The lowest BCUT2D eigenvalue weighted by molar-refractivity contribution is -0.153. The summed E-state index contributed by atoms with van der Waals surface area (Å²) in [5.74, 6) is -0.298. The summed E-state index contributed by atoms with van der Waals surface area (Å²) in [4.78, 5) is 25.6. The van der Waals surface area contributed by atoms with E-state index < -0.39 is 11.6 Å². The zero-order chi connectivity index (χ0) is 18.4. The average Bonchev–Trinajstić information content (AvgIpc) is 2.96. The van der Waals surface area contributed by atoms with Crippen LogP contribution in [-0.4, -0.2) is 30.6 Å². The molecule has 0 bridgehead atoms. The first-order chi connectivity index (χ1) is 11.8. The molecule has 0 saturated heterocycles. The first kappa shape index (κ1) is 19.0. The van der Waals surface area contributed by atoms with Gasteiger partial charge in [-0.15, -0.1) is 11.3 Å². The Hall–Kier alpha value is -2.34. The Kier molecular flexibility index (Phi) is 6.20. The molecule has 2 rings (SSSR count). The number of esters is 1. The number of hydrogen-bond donors (Lipinski definition) is 1. The number of carbonyl (C=O) groups is 2. The van der Waals surface area contributed by atoms with Gasteiger partial charge in [0.15, 0.2) is 0 Å². The summed E-state index contributed by atoms with van der Waals surface area (Å²) in [5, 5.41) is 2.60. The molecule has 0 aliphatic heterocycles. The van der Waals surface area contributed by atoms with Gasteiger partial charge in [-0.2, -0.15) is 0 Å². The molecule has 0 fully saturated rings. The average molecular weight is 361 g/mol. The number of nitrogens with one attached hydrogen (secondary N) is 1. The van der Waals surface area contributed by atoms with Crippen molar-refractivity contribution in [3.05, 3.63) is 41.3 Å². The highest BCUT2D eigenvalue weighted by Gasteiger charge is 2.21. The Morgan fingerprint density at radius 3 is 2.44 bits per heavy atom. The Morgan fingerprint density at radius 1 is 1.16 bits per heavy atom. The molecule has 134 valence electrons. The van der Waals surface area contributed by atoms with Gasteiger partial charge < -0.3 is 14.8 Å². The van der Waals surface area contributed by atoms with Crippen molar-refractivity contribution in [1.82, 2.24) is 5.32 Å². The normalized spacial score (nSPS) is 11.0. The van der Waals surface area contributed by atoms with Gasteiger partial charge in [-0.1, -0.05) is 30.3 Å². The number of ether oxygens (including phenoxy) is 2. The summed E-state index contributed by atoms with van der Waals surface area (Å²) in [5.41, 5.74) is 0.432. The van der Waals surface area contributed by atoms with E-state index in [4.69, 9.17) is 9.47 Å². The third-order valence-electron chi connectivity index (χ3n) is 3.08. The van der Waals surface area contributed by atoms with E-state index in [9.17, 15) is 9.59 Å². The second-order valence-corrected chi connectivity index (χ2v) is 7.42. The molecule has 6 heteroatoms. The zero-order valence-electron chi connectivity index (χ0n) is 14.9. The van der Waals surface area contributed by atoms with Gasteiger partial charge in [-0.25, -0.2) is 0 Å². The van der Waals surface area contributed by atoms with Crippen LogP contribution in [0.15, 0.2) is 36.4 Å². The van der Waals surface area contributed by atoms with Crippen molar-refractivity contribution < 1.29 is 19.1 Å². The van der Waals surface area contributed by atoms with Gasteiger partial charge >= 0.3 is 5.97 Å². The summed E-state index contributed by atoms with van der Waals surface area (Å²) in [6, 6.07) is 11.6. The van der Waals surface area contributed by atoms with E-state index in [0.717, 1.165) is 10.4 Å². The van der Waals surface area contributed by atoms with Crippen LogP contribution in [0.4, 0.5) is 0 Å². The summed E-state index contributed by atoms with van der Waals surface area (Å²) in [7, 11) is 0. The first-order valence-electron chi connectivity index (χ1n) is 8.12. The number of rotatable bonds is 6. The van der Waals surface area contributed by atoms with Crippen molar-refractivity contribution in [2.75, 3.05) is 13.2 Å². The van der Waals surface area contributed by atoms with Gasteiger partial charge in [0.25, 0.3) is 5.91 Å². The standard InChI is InChI=1S/C19H23NO4S/c1-5-23-14-11-15(13-9-7-6-8-10-13)25-17(14)18(22)20-12-16(21)24-19(2,3)4/h6-11H,5,12H2,1-4H3,(H,20,22). The fraction of sp³-hybridized carbons (Fsp3) is 0.368. The molecule has 2 aromatic rings. The van der Waals surface area contributed by atoms with Crippen LogP contribution < -0.4 is 10.1 Å². The summed E-state index contributed by atoms with van der Waals surface area (Å²) in [6.45, 7) is 7.49. The molecule has 1 aromatic heterocycles. The summed E-state index contributed by atoms with van der Waals surface area (Å²) >= 11 is 1.34. The van der Waals surface area contributed by atoms with Crippen LogP contribution in [0.1, 0.15) is 37.4 Å². The molecule has 0 radical (unpaired) electrons. The first-order valence-corrected chi connectivity index (χ1v) is 8.94. The van der Waals surface area contributed by atoms with Crippen LogP contribution in [0.2, 0.25) is 0 Å². The molecule has 1 heterocycles. The van der Waals surface area contributed by atoms with Gasteiger partial charge in [-0.05, 0) is 39.3 Å². The van der Waals surface area contributed by atoms with E-state index in [1.165, 1.54) is 11.3 Å². The number of thiophene rings is 1. The lowest BCUT2D eigenvalue weighted by atomic mass is 10.2. The van der Waals surface area contributed by atoms with Crippen molar-refractivity contribution in [2.24, 2.45) is 0 Å². The van der Waals surface area contributed by atoms with Gasteiger partial charge in [0.2, 0.25) is 0 Å². The maximum Gasteiger partial charge on any atom is 0.325 e. The maximum atomic E-state index is 12.5. The highest BCUT2D eigenvalue weighted by molar-refractivity contribution is 7.17. The van der Waals surface area contributed by atoms with Gasteiger partial charge in [0, 0.05) is 4.88 Å². The van der Waals surface area contributed by atoms with E-state index in [0.29, 0.717) is 17.2 Å². The van der Waals surface area contributed by atoms with E-state index in [1.807, 2.05) is 43.3 Å². The quantitative estimate of drug-likeness (QED) is 0.793. The van der Waals surface area contributed by atoms with Crippen molar-refractivity contribution in [3.8, 4) is 16.2 Å². The smallest absolute Gasteiger partial charge is 0.325 e. The van der Waals surface area contributed by atoms with Gasteiger partial charge in [0.1, 0.15) is 22.8 Å².